The molecule has 3 rings (SSSR count). The van der Waals surface area contributed by atoms with Gasteiger partial charge in [0, 0.05) is 16.3 Å². The normalized spacial score (nSPS) is 11.2. The van der Waals surface area contributed by atoms with E-state index in [0.29, 0.717) is 16.3 Å². The third kappa shape index (κ3) is 2.74. The first-order valence-corrected chi connectivity index (χ1v) is 7.10. The second-order valence-electron chi connectivity index (χ2n) is 4.78. The van der Waals surface area contributed by atoms with Gasteiger partial charge in [-0.05, 0) is 12.1 Å². The zero-order valence-electron chi connectivity index (χ0n) is 11.8. The Kier molecular flexibility index (Phi) is 3.95. The summed E-state index contributed by atoms with van der Waals surface area (Å²) in [4.78, 5) is 11.9. The standard InChI is InChI=1S/C17H11ClN2O3/c18-13-14(19-20-17(23)10-6-2-1-3-7-10)16(22)12-9-5-4-8-11(12)15(13)21/h1-9,21-22H. The SMILES string of the molecule is O=C(N=Nc1c(Cl)c(O)c2ccccc2c1O)c1ccccc1. The van der Waals surface area contributed by atoms with E-state index in [1.54, 1.807) is 54.6 Å². The summed E-state index contributed by atoms with van der Waals surface area (Å²) in [7, 11) is 0. The van der Waals surface area contributed by atoms with Crippen LogP contribution >= 0.6 is 11.6 Å². The summed E-state index contributed by atoms with van der Waals surface area (Å²) in [5.41, 5.74) is 0.212. The molecule has 0 aromatic heterocycles. The summed E-state index contributed by atoms with van der Waals surface area (Å²) in [6.07, 6.45) is 0. The number of aromatic hydroxyl groups is 2. The number of azo groups is 1. The van der Waals surface area contributed by atoms with E-state index < -0.39 is 5.91 Å². The third-order valence-corrected chi connectivity index (χ3v) is 3.70. The van der Waals surface area contributed by atoms with E-state index in [0.717, 1.165) is 0 Å². The quantitative estimate of drug-likeness (QED) is 0.522. The fraction of sp³-hybridized carbons (Fsp3) is 0. The van der Waals surface area contributed by atoms with Gasteiger partial charge in [0.25, 0.3) is 5.91 Å². The highest BCUT2D eigenvalue weighted by Gasteiger charge is 2.17. The number of phenols is 2. The van der Waals surface area contributed by atoms with Gasteiger partial charge < -0.3 is 10.2 Å². The predicted molar refractivity (Wildman–Crippen MR) is 87.6 cm³/mol. The van der Waals surface area contributed by atoms with Gasteiger partial charge >= 0.3 is 0 Å². The molecular formula is C17H11ClN2O3. The molecule has 3 aromatic carbocycles. The maximum Gasteiger partial charge on any atom is 0.295 e. The Hall–Kier alpha value is -2.92. The summed E-state index contributed by atoms with van der Waals surface area (Å²) in [6.45, 7) is 0. The Morgan fingerprint density at radius 3 is 2.09 bits per heavy atom. The molecule has 2 N–H and O–H groups in total. The molecule has 23 heavy (non-hydrogen) atoms. The molecule has 0 spiro atoms. The number of carbonyl (C=O) groups excluding carboxylic acids is 1. The van der Waals surface area contributed by atoms with Crippen molar-refractivity contribution >= 4 is 34.0 Å². The van der Waals surface area contributed by atoms with Gasteiger partial charge in [-0.3, -0.25) is 4.79 Å². The first-order valence-electron chi connectivity index (χ1n) is 6.73. The van der Waals surface area contributed by atoms with Crippen LogP contribution in [0.4, 0.5) is 5.69 Å². The van der Waals surface area contributed by atoms with Crippen molar-refractivity contribution in [1.82, 2.24) is 0 Å². The molecule has 1 amide bonds. The molecule has 0 unspecified atom stereocenters. The fourth-order valence-corrected chi connectivity index (χ4v) is 2.41. The highest BCUT2D eigenvalue weighted by atomic mass is 35.5. The molecule has 0 aliphatic rings. The lowest BCUT2D eigenvalue weighted by Gasteiger charge is -2.08. The van der Waals surface area contributed by atoms with E-state index in [-0.39, 0.29) is 22.2 Å². The first kappa shape index (κ1) is 15.0. The average molecular weight is 327 g/mol. The van der Waals surface area contributed by atoms with E-state index in [1.165, 1.54) is 0 Å². The Morgan fingerprint density at radius 1 is 0.870 bits per heavy atom. The monoisotopic (exact) mass is 326 g/mol. The molecule has 0 aliphatic heterocycles. The maximum atomic E-state index is 11.9. The number of carbonyl (C=O) groups is 1. The molecule has 5 nitrogen and oxygen atoms in total. The van der Waals surface area contributed by atoms with Crippen molar-refractivity contribution in [3.8, 4) is 11.5 Å². The van der Waals surface area contributed by atoms with Crippen LogP contribution in [0.2, 0.25) is 5.02 Å². The fourth-order valence-electron chi connectivity index (χ4n) is 2.18. The molecule has 0 radical (unpaired) electrons. The van der Waals surface area contributed by atoms with Crippen LogP contribution in [-0.2, 0) is 0 Å². The Labute approximate surface area is 136 Å². The van der Waals surface area contributed by atoms with Crippen molar-refractivity contribution < 1.29 is 15.0 Å². The van der Waals surface area contributed by atoms with Gasteiger partial charge in [0.05, 0.1) is 0 Å². The molecule has 0 aliphatic carbocycles. The number of amides is 1. The number of nitrogens with zero attached hydrogens (tertiary/aromatic N) is 2. The molecule has 0 saturated heterocycles. The molecule has 114 valence electrons. The molecular weight excluding hydrogens is 316 g/mol. The Morgan fingerprint density at radius 2 is 1.43 bits per heavy atom. The molecule has 3 aromatic rings. The summed E-state index contributed by atoms with van der Waals surface area (Å²) < 4.78 is 0. The van der Waals surface area contributed by atoms with E-state index in [1.807, 2.05) is 0 Å². The number of rotatable bonds is 2. The summed E-state index contributed by atoms with van der Waals surface area (Å²) in [5.74, 6) is -1.04. The highest BCUT2D eigenvalue weighted by molar-refractivity contribution is 6.36. The summed E-state index contributed by atoms with van der Waals surface area (Å²) in [6, 6.07) is 15.0. The minimum Gasteiger partial charge on any atom is -0.506 e. The topological polar surface area (TPSA) is 82.2 Å². The number of phenolic OH excluding ortho intramolecular Hbond substituents is 2. The van der Waals surface area contributed by atoms with Crippen LogP contribution < -0.4 is 0 Å². The summed E-state index contributed by atoms with van der Waals surface area (Å²) >= 11 is 6.03. The average Bonchev–Trinajstić information content (AvgIpc) is 2.60. The van der Waals surface area contributed by atoms with Gasteiger partial charge in [0.1, 0.15) is 10.8 Å². The first-order chi connectivity index (χ1) is 11.1. The van der Waals surface area contributed by atoms with Crippen LogP contribution in [0, 0.1) is 0 Å². The second kappa shape index (κ2) is 6.06. The molecule has 0 saturated carbocycles. The number of hydrogen-bond acceptors (Lipinski definition) is 4. The van der Waals surface area contributed by atoms with Crippen LogP contribution in [0.3, 0.4) is 0 Å². The van der Waals surface area contributed by atoms with E-state index >= 15 is 0 Å². The number of halogens is 1. The minimum absolute atomic E-state index is 0.146. The Bertz CT molecular complexity index is 924. The predicted octanol–water partition coefficient (Wildman–Crippen LogP) is 4.83. The zero-order chi connectivity index (χ0) is 16.4. The van der Waals surface area contributed by atoms with Gasteiger partial charge in [-0.25, -0.2) is 0 Å². The van der Waals surface area contributed by atoms with Crippen LogP contribution in [-0.4, -0.2) is 16.1 Å². The van der Waals surface area contributed by atoms with Crippen LogP contribution in [0.25, 0.3) is 10.8 Å². The second-order valence-corrected chi connectivity index (χ2v) is 5.15. The summed E-state index contributed by atoms with van der Waals surface area (Å²) in [5, 5.41) is 28.3. The van der Waals surface area contributed by atoms with Gasteiger partial charge in [-0.15, -0.1) is 10.2 Å². The number of benzene rings is 3. The van der Waals surface area contributed by atoms with Gasteiger partial charge in [0.2, 0.25) is 0 Å². The molecule has 0 fully saturated rings. The molecule has 0 bridgehead atoms. The van der Waals surface area contributed by atoms with Crippen LogP contribution in [0.5, 0.6) is 11.5 Å². The largest absolute Gasteiger partial charge is 0.506 e. The van der Waals surface area contributed by atoms with E-state index in [4.69, 9.17) is 11.6 Å². The van der Waals surface area contributed by atoms with Crippen LogP contribution in [0.15, 0.2) is 64.8 Å². The van der Waals surface area contributed by atoms with Crippen molar-refractivity contribution in [2.24, 2.45) is 10.2 Å². The van der Waals surface area contributed by atoms with Crippen molar-refractivity contribution in [3.05, 3.63) is 65.2 Å². The minimum atomic E-state index is -0.575. The molecule has 0 heterocycles. The van der Waals surface area contributed by atoms with Crippen molar-refractivity contribution in [1.29, 1.82) is 0 Å². The number of hydrogen-bond donors (Lipinski definition) is 2. The molecule has 6 heteroatoms. The Balaban J connectivity index is 2.07. The van der Waals surface area contributed by atoms with Gasteiger partial charge in [-0.1, -0.05) is 54.1 Å². The van der Waals surface area contributed by atoms with E-state index in [9.17, 15) is 15.0 Å². The van der Waals surface area contributed by atoms with Gasteiger partial charge in [0.15, 0.2) is 11.4 Å². The lowest BCUT2D eigenvalue weighted by atomic mass is 10.1. The zero-order valence-corrected chi connectivity index (χ0v) is 12.5. The van der Waals surface area contributed by atoms with Crippen molar-refractivity contribution in [2.75, 3.05) is 0 Å². The lowest BCUT2D eigenvalue weighted by Crippen LogP contribution is -1.92. The number of fused-ring (bicyclic) bond motifs is 1. The third-order valence-electron chi connectivity index (χ3n) is 3.34. The van der Waals surface area contributed by atoms with Crippen molar-refractivity contribution in [3.63, 3.8) is 0 Å². The van der Waals surface area contributed by atoms with E-state index in [2.05, 4.69) is 10.2 Å². The highest BCUT2D eigenvalue weighted by Crippen LogP contribution is 2.47. The lowest BCUT2D eigenvalue weighted by molar-refractivity contribution is 0.0995. The van der Waals surface area contributed by atoms with Crippen LogP contribution in [0.1, 0.15) is 10.4 Å². The maximum absolute atomic E-state index is 11.9. The van der Waals surface area contributed by atoms with Gasteiger partial charge in [-0.2, -0.15) is 0 Å². The molecule has 0 atom stereocenters. The smallest absolute Gasteiger partial charge is 0.295 e. The van der Waals surface area contributed by atoms with Crippen molar-refractivity contribution in [2.45, 2.75) is 0 Å².